The molecule has 0 aliphatic rings. The molecule has 1 unspecified atom stereocenters. The molecule has 0 saturated heterocycles. The van der Waals surface area contributed by atoms with Crippen molar-refractivity contribution in [1.82, 2.24) is 14.8 Å². The van der Waals surface area contributed by atoms with Gasteiger partial charge >= 0.3 is 0 Å². The number of hydrogen-bond donors (Lipinski definition) is 1. The minimum Gasteiger partial charge on any atom is -0.493 e. The van der Waals surface area contributed by atoms with E-state index < -0.39 is 0 Å². The smallest absolute Gasteiger partial charge is 0.234 e. The number of nitrogens with one attached hydrogen (secondary N) is 1. The summed E-state index contributed by atoms with van der Waals surface area (Å²) in [5.74, 6) is 2.13. The van der Waals surface area contributed by atoms with Gasteiger partial charge in [0, 0.05) is 16.7 Å². The molecule has 0 saturated carbocycles. The van der Waals surface area contributed by atoms with Crippen LogP contribution in [-0.4, -0.2) is 33.5 Å². The van der Waals surface area contributed by atoms with E-state index in [9.17, 15) is 4.79 Å². The SMILES string of the molecule is CCn1c(SCC(=O)Nc2ccc(Br)cc2C)nnc1C(C)Oc1ccccc1OC. The highest BCUT2D eigenvalue weighted by Crippen LogP contribution is 2.31. The third kappa shape index (κ3) is 5.80. The Labute approximate surface area is 194 Å². The van der Waals surface area contributed by atoms with Crippen LogP contribution < -0.4 is 14.8 Å². The standard InChI is InChI=1S/C22H25BrN4O3S/c1-5-27-21(15(3)30-19-9-7-6-8-18(19)29-4)25-26-22(27)31-13-20(28)24-17-11-10-16(23)12-14(17)2/h6-12,15H,5,13H2,1-4H3,(H,24,28). The highest BCUT2D eigenvalue weighted by Gasteiger charge is 2.20. The lowest BCUT2D eigenvalue weighted by Gasteiger charge is -2.17. The summed E-state index contributed by atoms with van der Waals surface area (Å²) in [5.41, 5.74) is 1.79. The van der Waals surface area contributed by atoms with Crippen LogP contribution in [0.25, 0.3) is 0 Å². The molecule has 1 aromatic heterocycles. The molecule has 7 nitrogen and oxygen atoms in total. The van der Waals surface area contributed by atoms with Gasteiger partial charge in [-0.25, -0.2) is 0 Å². The number of carbonyl (C=O) groups excluding carboxylic acids is 1. The monoisotopic (exact) mass is 504 g/mol. The van der Waals surface area contributed by atoms with E-state index >= 15 is 0 Å². The van der Waals surface area contributed by atoms with Gasteiger partial charge in [-0.15, -0.1) is 10.2 Å². The van der Waals surface area contributed by atoms with Crippen molar-refractivity contribution in [2.45, 2.75) is 38.6 Å². The van der Waals surface area contributed by atoms with Crippen molar-refractivity contribution in [3.8, 4) is 11.5 Å². The van der Waals surface area contributed by atoms with Crippen LogP contribution >= 0.6 is 27.7 Å². The molecule has 1 amide bonds. The first-order chi connectivity index (χ1) is 14.9. The van der Waals surface area contributed by atoms with E-state index in [0.717, 1.165) is 15.7 Å². The molecular formula is C22H25BrN4O3S. The van der Waals surface area contributed by atoms with E-state index in [4.69, 9.17) is 9.47 Å². The summed E-state index contributed by atoms with van der Waals surface area (Å²) in [7, 11) is 1.61. The Hall–Kier alpha value is -2.52. The molecule has 2 aromatic carbocycles. The van der Waals surface area contributed by atoms with E-state index in [1.54, 1.807) is 7.11 Å². The molecular weight excluding hydrogens is 480 g/mol. The van der Waals surface area contributed by atoms with E-state index in [1.807, 2.05) is 67.8 Å². The topological polar surface area (TPSA) is 78.3 Å². The summed E-state index contributed by atoms with van der Waals surface area (Å²) >= 11 is 4.78. The summed E-state index contributed by atoms with van der Waals surface area (Å²) in [4.78, 5) is 12.4. The largest absolute Gasteiger partial charge is 0.493 e. The van der Waals surface area contributed by atoms with Gasteiger partial charge in [0.05, 0.1) is 12.9 Å². The number of methoxy groups -OCH3 is 1. The molecule has 0 radical (unpaired) electrons. The van der Waals surface area contributed by atoms with Gasteiger partial charge in [-0.1, -0.05) is 39.8 Å². The Morgan fingerprint density at radius 2 is 1.97 bits per heavy atom. The normalized spacial score (nSPS) is 11.8. The highest BCUT2D eigenvalue weighted by molar-refractivity contribution is 9.10. The molecule has 1 heterocycles. The van der Waals surface area contributed by atoms with Gasteiger partial charge < -0.3 is 19.4 Å². The van der Waals surface area contributed by atoms with Crippen LogP contribution in [-0.2, 0) is 11.3 Å². The Morgan fingerprint density at radius 3 is 2.65 bits per heavy atom. The number of halogens is 1. The van der Waals surface area contributed by atoms with Crippen LogP contribution in [0, 0.1) is 6.92 Å². The summed E-state index contributed by atoms with van der Waals surface area (Å²) < 4.78 is 14.4. The van der Waals surface area contributed by atoms with Gasteiger partial charge in [-0.2, -0.15) is 0 Å². The maximum atomic E-state index is 12.4. The quantitative estimate of drug-likeness (QED) is 0.401. The zero-order chi connectivity index (χ0) is 22.4. The minimum atomic E-state index is -0.336. The second-order valence-electron chi connectivity index (χ2n) is 6.79. The van der Waals surface area contributed by atoms with Crippen molar-refractivity contribution in [2.75, 3.05) is 18.2 Å². The maximum Gasteiger partial charge on any atom is 0.234 e. The summed E-state index contributed by atoms with van der Waals surface area (Å²) in [6.07, 6.45) is -0.336. The number of benzene rings is 2. The Kier molecular flexibility index (Phi) is 7.97. The first-order valence-corrected chi connectivity index (χ1v) is 11.6. The average Bonchev–Trinajstić information content (AvgIpc) is 3.17. The number of anilines is 1. The van der Waals surface area contributed by atoms with Gasteiger partial charge in [-0.05, 0) is 56.7 Å². The minimum absolute atomic E-state index is 0.0963. The van der Waals surface area contributed by atoms with Gasteiger partial charge in [0.25, 0.3) is 0 Å². The summed E-state index contributed by atoms with van der Waals surface area (Å²) in [6.45, 7) is 6.55. The number of hydrogen-bond acceptors (Lipinski definition) is 6. The summed E-state index contributed by atoms with van der Waals surface area (Å²) in [5, 5.41) is 12.2. The maximum absolute atomic E-state index is 12.4. The lowest BCUT2D eigenvalue weighted by atomic mass is 10.2. The Morgan fingerprint density at radius 1 is 1.23 bits per heavy atom. The van der Waals surface area contributed by atoms with E-state index in [0.29, 0.717) is 29.0 Å². The zero-order valence-electron chi connectivity index (χ0n) is 17.9. The first-order valence-electron chi connectivity index (χ1n) is 9.84. The molecule has 1 N–H and O–H groups in total. The van der Waals surface area contributed by atoms with Crippen LogP contribution in [0.5, 0.6) is 11.5 Å². The number of aryl methyl sites for hydroxylation is 1. The van der Waals surface area contributed by atoms with Gasteiger partial charge in [0.15, 0.2) is 28.6 Å². The number of aromatic nitrogens is 3. The fourth-order valence-electron chi connectivity index (χ4n) is 3.05. The molecule has 164 valence electrons. The van der Waals surface area contributed by atoms with E-state index in [1.165, 1.54) is 11.8 Å². The molecule has 1 atom stereocenters. The lowest BCUT2D eigenvalue weighted by molar-refractivity contribution is -0.113. The number of nitrogens with zero attached hydrogens (tertiary/aromatic N) is 3. The predicted molar refractivity (Wildman–Crippen MR) is 126 cm³/mol. The lowest BCUT2D eigenvalue weighted by Crippen LogP contribution is -2.16. The third-order valence-corrected chi connectivity index (χ3v) is 6.05. The van der Waals surface area contributed by atoms with Crippen LogP contribution in [0.2, 0.25) is 0 Å². The molecule has 3 rings (SSSR count). The van der Waals surface area contributed by atoms with Crippen LogP contribution in [0.15, 0.2) is 52.1 Å². The van der Waals surface area contributed by atoms with Crippen molar-refractivity contribution in [1.29, 1.82) is 0 Å². The molecule has 0 bridgehead atoms. The number of carbonyl (C=O) groups is 1. The van der Waals surface area contributed by atoms with Gasteiger partial charge in [-0.3, -0.25) is 4.79 Å². The molecule has 0 aliphatic carbocycles. The first kappa shape index (κ1) is 23.1. The Bertz CT molecular complexity index is 1060. The highest BCUT2D eigenvalue weighted by atomic mass is 79.9. The van der Waals surface area contributed by atoms with Crippen molar-refractivity contribution in [2.24, 2.45) is 0 Å². The molecule has 3 aromatic rings. The third-order valence-electron chi connectivity index (χ3n) is 4.59. The molecule has 0 spiro atoms. The number of ether oxygens (including phenoxy) is 2. The number of amides is 1. The van der Waals surface area contributed by atoms with Crippen LogP contribution in [0.4, 0.5) is 5.69 Å². The van der Waals surface area contributed by atoms with E-state index in [-0.39, 0.29) is 17.8 Å². The van der Waals surface area contributed by atoms with Gasteiger partial charge in [0.1, 0.15) is 0 Å². The molecule has 9 heteroatoms. The fourth-order valence-corrected chi connectivity index (χ4v) is 4.33. The van der Waals surface area contributed by atoms with Crippen LogP contribution in [0.3, 0.4) is 0 Å². The Balaban J connectivity index is 1.66. The van der Waals surface area contributed by atoms with Crippen molar-refractivity contribution in [3.05, 3.63) is 58.3 Å². The molecule has 31 heavy (non-hydrogen) atoms. The number of para-hydroxylation sites is 2. The van der Waals surface area contributed by atoms with Crippen molar-refractivity contribution >= 4 is 39.3 Å². The number of rotatable bonds is 9. The zero-order valence-corrected chi connectivity index (χ0v) is 20.3. The van der Waals surface area contributed by atoms with Gasteiger partial charge in [0.2, 0.25) is 5.91 Å². The van der Waals surface area contributed by atoms with Crippen molar-refractivity contribution in [3.63, 3.8) is 0 Å². The second kappa shape index (κ2) is 10.7. The van der Waals surface area contributed by atoms with Crippen molar-refractivity contribution < 1.29 is 14.3 Å². The molecule has 0 aliphatic heterocycles. The summed E-state index contributed by atoms with van der Waals surface area (Å²) in [6, 6.07) is 13.2. The fraction of sp³-hybridized carbons (Fsp3) is 0.318. The average molecular weight is 505 g/mol. The number of thioether (sulfide) groups is 1. The predicted octanol–water partition coefficient (Wildman–Crippen LogP) is 5.25. The van der Waals surface area contributed by atoms with Crippen LogP contribution in [0.1, 0.15) is 31.3 Å². The van der Waals surface area contributed by atoms with E-state index in [2.05, 4.69) is 31.4 Å². The second-order valence-corrected chi connectivity index (χ2v) is 8.65. The molecule has 0 fully saturated rings.